The molecule has 0 fully saturated rings. The lowest BCUT2D eigenvalue weighted by Gasteiger charge is -2.25. The maximum absolute atomic E-state index is 5.61. The van der Waals surface area contributed by atoms with Crippen molar-refractivity contribution in [1.82, 2.24) is 0 Å². The molecular formula is C46H36O4. The first kappa shape index (κ1) is 31.0. The molecular weight excluding hydrogens is 617 g/mol. The molecule has 0 aliphatic carbocycles. The second-order valence-corrected chi connectivity index (χ2v) is 12.4. The number of fused-ring (bicyclic) bond motifs is 3. The van der Waals surface area contributed by atoms with Crippen molar-refractivity contribution in [2.45, 2.75) is 0 Å². The number of benzene rings is 8. The first-order valence-electron chi connectivity index (χ1n) is 16.6. The summed E-state index contributed by atoms with van der Waals surface area (Å²) in [4.78, 5) is 0. The second kappa shape index (κ2) is 13.0. The largest absolute Gasteiger partial charge is 0.497 e. The maximum atomic E-state index is 5.61. The third kappa shape index (κ3) is 5.45. The van der Waals surface area contributed by atoms with Gasteiger partial charge in [0.2, 0.25) is 0 Å². The van der Waals surface area contributed by atoms with Gasteiger partial charge in [0.25, 0.3) is 0 Å². The molecule has 0 aliphatic rings. The van der Waals surface area contributed by atoms with Crippen LogP contribution in [0.25, 0.3) is 76.8 Å². The Hall–Kier alpha value is -6.26. The van der Waals surface area contributed by atoms with Gasteiger partial charge in [0.15, 0.2) is 0 Å². The summed E-state index contributed by atoms with van der Waals surface area (Å²) in [7, 11) is 6.81. The Morgan fingerprint density at radius 1 is 0.280 bits per heavy atom. The number of ether oxygens (including phenoxy) is 4. The smallest absolute Gasteiger partial charge is 0.118 e. The highest BCUT2D eigenvalue weighted by atomic mass is 16.5. The molecule has 0 aromatic heterocycles. The fourth-order valence-electron chi connectivity index (χ4n) is 7.13. The Morgan fingerprint density at radius 3 is 0.840 bits per heavy atom. The number of hydrogen-bond donors (Lipinski definition) is 0. The minimum atomic E-state index is 0.805. The van der Waals surface area contributed by atoms with Crippen LogP contribution in [-0.2, 0) is 0 Å². The van der Waals surface area contributed by atoms with E-state index in [1.54, 1.807) is 28.4 Å². The van der Waals surface area contributed by atoms with Crippen LogP contribution < -0.4 is 18.9 Å². The lowest BCUT2D eigenvalue weighted by molar-refractivity contribution is 0.414. The van der Waals surface area contributed by atoms with Crippen LogP contribution in [0.15, 0.2) is 146 Å². The van der Waals surface area contributed by atoms with Crippen molar-refractivity contribution in [1.29, 1.82) is 0 Å². The highest BCUT2D eigenvalue weighted by molar-refractivity contribution is 6.21. The minimum absolute atomic E-state index is 0.805. The van der Waals surface area contributed by atoms with E-state index in [9.17, 15) is 0 Å². The molecule has 8 rings (SSSR count). The van der Waals surface area contributed by atoms with Crippen LogP contribution in [0.2, 0.25) is 0 Å². The Kier molecular flexibility index (Phi) is 8.06. The quantitative estimate of drug-likeness (QED) is 0.153. The monoisotopic (exact) mass is 652 g/mol. The third-order valence-electron chi connectivity index (χ3n) is 9.64. The lowest BCUT2D eigenvalue weighted by atomic mass is 9.78. The second-order valence-electron chi connectivity index (χ2n) is 12.4. The van der Waals surface area contributed by atoms with E-state index in [0.29, 0.717) is 0 Å². The Labute approximate surface area is 292 Å². The van der Waals surface area contributed by atoms with Crippen molar-refractivity contribution >= 4 is 32.3 Å². The van der Waals surface area contributed by atoms with Gasteiger partial charge in [-0.2, -0.15) is 0 Å². The number of methoxy groups -OCH3 is 4. The van der Waals surface area contributed by atoms with Crippen LogP contribution >= 0.6 is 0 Å². The molecule has 0 amide bonds. The van der Waals surface area contributed by atoms with Crippen molar-refractivity contribution in [2.24, 2.45) is 0 Å². The molecule has 244 valence electrons. The van der Waals surface area contributed by atoms with Gasteiger partial charge < -0.3 is 18.9 Å². The van der Waals surface area contributed by atoms with Crippen molar-refractivity contribution in [3.8, 4) is 67.5 Å². The van der Waals surface area contributed by atoms with E-state index in [1.165, 1.54) is 21.5 Å². The van der Waals surface area contributed by atoms with E-state index in [2.05, 4.69) is 97.1 Å². The summed E-state index contributed by atoms with van der Waals surface area (Å²) in [5, 5.41) is 7.12. The predicted octanol–water partition coefficient (Wildman–Crippen LogP) is 11.8. The van der Waals surface area contributed by atoms with Crippen LogP contribution in [-0.4, -0.2) is 28.4 Å². The van der Waals surface area contributed by atoms with Crippen molar-refractivity contribution < 1.29 is 18.9 Å². The molecule has 50 heavy (non-hydrogen) atoms. The van der Waals surface area contributed by atoms with Gasteiger partial charge in [0.1, 0.15) is 23.0 Å². The zero-order valence-corrected chi connectivity index (χ0v) is 28.5. The molecule has 0 N–H and O–H groups in total. The Balaban J connectivity index is 1.61. The van der Waals surface area contributed by atoms with Gasteiger partial charge >= 0.3 is 0 Å². The molecule has 0 saturated heterocycles. The fourth-order valence-corrected chi connectivity index (χ4v) is 7.13. The molecule has 0 radical (unpaired) electrons. The van der Waals surface area contributed by atoms with Crippen LogP contribution in [0.4, 0.5) is 0 Å². The molecule has 8 aromatic carbocycles. The van der Waals surface area contributed by atoms with Gasteiger partial charge in [-0.15, -0.1) is 0 Å². The summed E-state index contributed by atoms with van der Waals surface area (Å²) >= 11 is 0. The predicted molar refractivity (Wildman–Crippen MR) is 207 cm³/mol. The number of hydrogen-bond acceptors (Lipinski definition) is 4. The third-order valence-corrected chi connectivity index (χ3v) is 9.64. The van der Waals surface area contributed by atoms with Gasteiger partial charge in [-0.1, -0.05) is 72.8 Å². The standard InChI is InChI=1S/C46H36O4/c1-47-37-17-9-29(10-18-37)43-41-27-35-25-33-7-5-6-8-34(33)26-36(35)28-42(41)44(30-11-19-38(48-2)20-12-30)46(32-15-23-40(50-4)24-16-32)45(43)31-13-21-39(49-3)22-14-31/h5-28H,1-4H3. The molecule has 0 unspecified atom stereocenters. The van der Waals surface area contributed by atoms with Crippen molar-refractivity contribution in [2.75, 3.05) is 28.4 Å². The molecule has 0 spiro atoms. The highest BCUT2D eigenvalue weighted by Crippen LogP contribution is 2.52. The van der Waals surface area contributed by atoms with E-state index in [1.807, 2.05) is 48.5 Å². The van der Waals surface area contributed by atoms with Gasteiger partial charge in [0.05, 0.1) is 28.4 Å². The lowest BCUT2D eigenvalue weighted by Crippen LogP contribution is -1.98. The molecule has 0 heterocycles. The first-order valence-corrected chi connectivity index (χ1v) is 16.6. The first-order chi connectivity index (χ1) is 24.6. The zero-order chi connectivity index (χ0) is 34.2. The summed E-state index contributed by atoms with van der Waals surface area (Å²) in [5.41, 5.74) is 8.89. The molecule has 4 heteroatoms. The van der Waals surface area contributed by atoms with E-state index >= 15 is 0 Å². The van der Waals surface area contributed by atoms with E-state index in [0.717, 1.165) is 78.3 Å². The normalized spacial score (nSPS) is 11.2. The SMILES string of the molecule is COc1ccc(-c2c(-c3ccc(OC)cc3)c(-c3ccc(OC)cc3)c3cc4cc5ccccc5cc4cc3c2-c2ccc(OC)cc2)cc1. The van der Waals surface area contributed by atoms with Crippen molar-refractivity contribution in [3.05, 3.63) is 146 Å². The Bertz CT molecular complexity index is 2300. The summed E-state index contributed by atoms with van der Waals surface area (Å²) in [6, 6.07) is 51.5. The summed E-state index contributed by atoms with van der Waals surface area (Å²) < 4.78 is 22.4. The van der Waals surface area contributed by atoms with Crippen molar-refractivity contribution in [3.63, 3.8) is 0 Å². The Morgan fingerprint density at radius 2 is 0.560 bits per heavy atom. The topological polar surface area (TPSA) is 36.9 Å². The van der Waals surface area contributed by atoms with Gasteiger partial charge in [-0.25, -0.2) is 0 Å². The van der Waals surface area contributed by atoms with E-state index in [4.69, 9.17) is 18.9 Å². The number of rotatable bonds is 8. The van der Waals surface area contributed by atoms with Crippen LogP contribution in [0.5, 0.6) is 23.0 Å². The summed E-state index contributed by atoms with van der Waals surface area (Å²) in [6.45, 7) is 0. The maximum Gasteiger partial charge on any atom is 0.118 e. The molecule has 0 saturated carbocycles. The highest BCUT2D eigenvalue weighted by Gasteiger charge is 2.25. The molecule has 0 bridgehead atoms. The molecule has 8 aromatic rings. The molecule has 0 aliphatic heterocycles. The van der Waals surface area contributed by atoms with Crippen LogP contribution in [0.1, 0.15) is 0 Å². The summed E-state index contributed by atoms with van der Waals surface area (Å²) in [5.74, 6) is 3.23. The fraction of sp³-hybridized carbons (Fsp3) is 0.0870. The minimum Gasteiger partial charge on any atom is -0.497 e. The average molecular weight is 653 g/mol. The van der Waals surface area contributed by atoms with Crippen LogP contribution in [0, 0.1) is 0 Å². The van der Waals surface area contributed by atoms with Gasteiger partial charge in [-0.3, -0.25) is 0 Å². The van der Waals surface area contributed by atoms with Gasteiger partial charge in [0, 0.05) is 0 Å². The van der Waals surface area contributed by atoms with Gasteiger partial charge in [-0.05, 0) is 150 Å². The zero-order valence-electron chi connectivity index (χ0n) is 28.5. The van der Waals surface area contributed by atoms with E-state index in [-0.39, 0.29) is 0 Å². The van der Waals surface area contributed by atoms with E-state index < -0.39 is 0 Å². The molecule has 0 atom stereocenters. The summed E-state index contributed by atoms with van der Waals surface area (Å²) in [6.07, 6.45) is 0. The van der Waals surface area contributed by atoms with Crippen LogP contribution in [0.3, 0.4) is 0 Å². The molecule has 4 nitrogen and oxygen atoms in total. The average Bonchev–Trinajstić information content (AvgIpc) is 3.18.